The molecule has 2 rings (SSSR count). The van der Waals surface area contributed by atoms with Gasteiger partial charge in [0.15, 0.2) is 11.4 Å². The fourth-order valence-corrected chi connectivity index (χ4v) is 1.60. The Bertz CT molecular complexity index is 645. The first-order chi connectivity index (χ1) is 10.6. The molecule has 1 heterocycles. The summed E-state index contributed by atoms with van der Waals surface area (Å²) in [6, 6.07) is 4.68. The molecule has 0 unspecified atom stereocenters. The van der Waals surface area contributed by atoms with Gasteiger partial charge in [0.1, 0.15) is 5.82 Å². The van der Waals surface area contributed by atoms with Crippen LogP contribution < -0.4 is 5.32 Å². The van der Waals surface area contributed by atoms with Crippen molar-refractivity contribution in [1.29, 1.82) is 0 Å². The average Bonchev–Trinajstić information content (AvgIpc) is 2.44. The Morgan fingerprint density at radius 2 is 1.30 bits per heavy atom. The number of nitrogens with one attached hydrogen (secondary N) is 1. The van der Waals surface area contributed by atoms with Gasteiger partial charge in [-0.25, -0.2) is 14.4 Å². The molecule has 0 fully saturated rings. The van der Waals surface area contributed by atoms with Crippen molar-refractivity contribution < 1.29 is 30.7 Å². The van der Waals surface area contributed by atoms with Crippen LogP contribution in [-0.4, -0.2) is 9.97 Å². The number of anilines is 1. The van der Waals surface area contributed by atoms with Crippen molar-refractivity contribution in [2.75, 3.05) is 5.32 Å². The summed E-state index contributed by atoms with van der Waals surface area (Å²) in [7, 11) is 0. The van der Waals surface area contributed by atoms with Gasteiger partial charge in [-0.3, -0.25) is 0 Å². The number of aromatic nitrogens is 2. The van der Waals surface area contributed by atoms with Crippen LogP contribution in [-0.2, 0) is 18.9 Å². The molecule has 1 aromatic heterocycles. The largest absolute Gasteiger partial charge is 0.433 e. The fourth-order valence-electron chi connectivity index (χ4n) is 1.60. The molecule has 0 spiro atoms. The molecule has 10 heteroatoms. The predicted octanol–water partition coefficient (Wildman–Crippen LogP) is 4.27. The van der Waals surface area contributed by atoms with E-state index in [1.807, 2.05) is 0 Å². The number of alkyl halides is 6. The number of hydrogen-bond donors (Lipinski definition) is 1. The molecular formula is C13H8F7N3. The number of halogens is 7. The molecule has 124 valence electrons. The summed E-state index contributed by atoms with van der Waals surface area (Å²) in [6.45, 7) is -0.168. The van der Waals surface area contributed by atoms with E-state index in [9.17, 15) is 30.7 Å². The second kappa shape index (κ2) is 6.01. The summed E-state index contributed by atoms with van der Waals surface area (Å²) in [5.41, 5.74) is -2.98. The quantitative estimate of drug-likeness (QED) is 0.849. The maximum absolute atomic E-state index is 12.7. The standard InChI is InChI=1S/C13H8F7N3/c14-8-3-1-7(2-4-8)6-21-11-22-9(12(15,16)17)5-10(23-11)13(18,19)20/h1-5H,6H2,(H,21,22,23). The second-order valence-electron chi connectivity index (χ2n) is 4.44. The number of hydrogen-bond acceptors (Lipinski definition) is 3. The van der Waals surface area contributed by atoms with Gasteiger partial charge < -0.3 is 5.32 Å². The first-order valence-electron chi connectivity index (χ1n) is 6.07. The Balaban J connectivity index is 2.28. The van der Waals surface area contributed by atoms with Crippen LogP contribution in [0.25, 0.3) is 0 Å². The third-order valence-electron chi connectivity index (χ3n) is 2.67. The first kappa shape index (κ1) is 17.0. The van der Waals surface area contributed by atoms with E-state index in [1.165, 1.54) is 12.1 Å². The van der Waals surface area contributed by atoms with E-state index in [4.69, 9.17) is 0 Å². The van der Waals surface area contributed by atoms with Crippen molar-refractivity contribution >= 4 is 5.95 Å². The van der Waals surface area contributed by atoms with E-state index in [0.29, 0.717) is 5.56 Å². The van der Waals surface area contributed by atoms with Crippen molar-refractivity contribution in [3.63, 3.8) is 0 Å². The SMILES string of the molecule is Fc1ccc(CNc2nc(C(F)(F)F)cc(C(F)(F)F)n2)cc1. The summed E-state index contributed by atoms with van der Waals surface area (Å²) in [5.74, 6) is -1.35. The van der Waals surface area contributed by atoms with Gasteiger partial charge in [0.2, 0.25) is 5.95 Å². The molecule has 0 bridgehead atoms. The molecule has 0 radical (unpaired) electrons. The topological polar surface area (TPSA) is 37.8 Å². The van der Waals surface area contributed by atoms with Crippen LogP contribution in [0.15, 0.2) is 30.3 Å². The van der Waals surface area contributed by atoms with Gasteiger partial charge in [-0.05, 0) is 23.8 Å². The highest BCUT2D eigenvalue weighted by Gasteiger charge is 2.39. The zero-order valence-electron chi connectivity index (χ0n) is 11.1. The Morgan fingerprint density at radius 1 is 0.826 bits per heavy atom. The summed E-state index contributed by atoms with van der Waals surface area (Å²) < 4.78 is 88.4. The molecule has 1 N–H and O–H groups in total. The van der Waals surface area contributed by atoms with Gasteiger partial charge in [-0.2, -0.15) is 26.3 Å². The van der Waals surface area contributed by atoms with Crippen LogP contribution in [0, 0.1) is 5.82 Å². The molecule has 0 aliphatic carbocycles. The van der Waals surface area contributed by atoms with E-state index in [-0.39, 0.29) is 12.6 Å². The lowest BCUT2D eigenvalue weighted by Gasteiger charge is -2.13. The lowest BCUT2D eigenvalue weighted by molar-refractivity contribution is -0.147. The van der Waals surface area contributed by atoms with Crippen LogP contribution >= 0.6 is 0 Å². The number of nitrogens with zero attached hydrogens (tertiary/aromatic N) is 2. The van der Waals surface area contributed by atoms with E-state index in [2.05, 4.69) is 15.3 Å². The highest BCUT2D eigenvalue weighted by atomic mass is 19.4. The number of rotatable bonds is 3. The van der Waals surface area contributed by atoms with Gasteiger partial charge in [0.25, 0.3) is 0 Å². The Labute approximate surface area is 125 Å². The lowest BCUT2D eigenvalue weighted by Crippen LogP contribution is -2.17. The summed E-state index contributed by atoms with van der Waals surface area (Å²) in [5, 5.41) is 2.26. The molecule has 3 nitrogen and oxygen atoms in total. The van der Waals surface area contributed by atoms with Crippen LogP contribution in [0.2, 0.25) is 0 Å². The van der Waals surface area contributed by atoms with Crippen molar-refractivity contribution in [1.82, 2.24) is 9.97 Å². The zero-order chi connectivity index (χ0) is 17.3. The highest BCUT2D eigenvalue weighted by molar-refractivity contribution is 5.32. The van der Waals surface area contributed by atoms with E-state index in [0.717, 1.165) is 12.1 Å². The molecule has 0 saturated heterocycles. The molecular weight excluding hydrogens is 331 g/mol. The highest BCUT2D eigenvalue weighted by Crippen LogP contribution is 2.34. The van der Waals surface area contributed by atoms with Crippen molar-refractivity contribution in [2.24, 2.45) is 0 Å². The van der Waals surface area contributed by atoms with Crippen molar-refractivity contribution in [3.8, 4) is 0 Å². The van der Waals surface area contributed by atoms with Crippen molar-refractivity contribution in [2.45, 2.75) is 18.9 Å². The predicted molar refractivity (Wildman–Crippen MR) is 65.8 cm³/mol. The van der Waals surface area contributed by atoms with Gasteiger partial charge in [0.05, 0.1) is 0 Å². The van der Waals surface area contributed by atoms with Gasteiger partial charge in [0, 0.05) is 6.54 Å². The molecule has 0 aliphatic heterocycles. The zero-order valence-corrected chi connectivity index (χ0v) is 11.1. The Kier molecular flexibility index (Phi) is 4.44. The van der Waals surface area contributed by atoms with Crippen LogP contribution in [0.1, 0.15) is 17.0 Å². The maximum Gasteiger partial charge on any atom is 0.433 e. The van der Waals surface area contributed by atoms with E-state index in [1.54, 1.807) is 0 Å². The lowest BCUT2D eigenvalue weighted by atomic mass is 10.2. The van der Waals surface area contributed by atoms with Crippen molar-refractivity contribution in [3.05, 3.63) is 53.1 Å². The molecule has 0 amide bonds. The summed E-state index contributed by atoms with van der Waals surface area (Å²) in [6.07, 6.45) is -10.1. The van der Waals surface area contributed by atoms with Gasteiger partial charge in [-0.1, -0.05) is 12.1 Å². The van der Waals surface area contributed by atoms with Crippen LogP contribution in [0.3, 0.4) is 0 Å². The molecule has 0 saturated carbocycles. The molecule has 1 aromatic carbocycles. The number of benzene rings is 1. The molecule has 0 aliphatic rings. The maximum atomic E-state index is 12.7. The van der Waals surface area contributed by atoms with Gasteiger partial charge in [-0.15, -0.1) is 0 Å². The monoisotopic (exact) mass is 339 g/mol. The third-order valence-corrected chi connectivity index (χ3v) is 2.67. The van der Waals surface area contributed by atoms with E-state index >= 15 is 0 Å². The molecule has 0 atom stereocenters. The van der Waals surface area contributed by atoms with Gasteiger partial charge >= 0.3 is 12.4 Å². The normalized spacial score (nSPS) is 12.3. The summed E-state index contributed by atoms with van der Waals surface area (Å²) in [4.78, 5) is 6.06. The minimum absolute atomic E-state index is 0.164. The summed E-state index contributed by atoms with van der Waals surface area (Å²) >= 11 is 0. The van der Waals surface area contributed by atoms with Crippen LogP contribution in [0.5, 0.6) is 0 Å². The molecule has 23 heavy (non-hydrogen) atoms. The smallest absolute Gasteiger partial charge is 0.350 e. The minimum atomic E-state index is -5.05. The second-order valence-corrected chi connectivity index (χ2v) is 4.44. The van der Waals surface area contributed by atoms with Crippen LogP contribution in [0.4, 0.5) is 36.7 Å². The van der Waals surface area contributed by atoms with E-state index < -0.39 is 35.5 Å². The third kappa shape index (κ3) is 4.54. The minimum Gasteiger partial charge on any atom is -0.350 e. The fraction of sp³-hybridized carbons (Fsp3) is 0.231. The Hall–Kier alpha value is -2.39. The average molecular weight is 339 g/mol. The Morgan fingerprint density at radius 3 is 1.74 bits per heavy atom. The first-order valence-corrected chi connectivity index (χ1v) is 6.07. The molecule has 2 aromatic rings.